The molecule has 0 atom stereocenters. The highest BCUT2D eigenvalue weighted by atomic mass is 16.5. The molecule has 0 bridgehead atoms. The van der Waals surface area contributed by atoms with Crippen molar-refractivity contribution in [3.8, 4) is 11.5 Å². The van der Waals surface area contributed by atoms with Crippen LogP contribution in [0.5, 0.6) is 11.5 Å². The first-order chi connectivity index (χ1) is 7.16. The molecule has 1 N–H and O–H groups in total. The van der Waals surface area contributed by atoms with Gasteiger partial charge in [-0.25, -0.2) is 0 Å². The number of rotatable bonds is 4. The van der Waals surface area contributed by atoms with Crippen LogP contribution in [0.1, 0.15) is 32.3 Å². The second kappa shape index (κ2) is 4.13. The van der Waals surface area contributed by atoms with Gasteiger partial charge in [-0.15, -0.1) is 0 Å². The molecule has 1 aliphatic carbocycles. The Morgan fingerprint density at radius 1 is 1.40 bits per heavy atom. The maximum atomic E-state index is 9.99. The van der Waals surface area contributed by atoms with Crippen LogP contribution in [0, 0.1) is 5.92 Å². The Morgan fingerprint density at radius 2 is 2.13 bits per heavy atom. The molecule has 0 saturated heterocycles. The average molecular weight is 206 g/mol. The molecule has 2 nitrogen and oxygen atoms in total. The Bertz CT molecular complexity index is 318. The number of phenolic OH excluding ortho intramolecular Hbond substituents is 1. The number of benzene rings is 1. The van der Waals surface area contributed by atoms with Crippen LogP contribution >= 0.6 is 0 Å². The normalized spacial score (nSPS) is 15.7. The molecular formula is C13H18O2. The fourth-order valence-electron chi connectivity index (χ4n) is 1.71. The number of para-hydroxylation sites is 1. The third-order valence-corrected chi connectivity index (χ3v) is 2.65. The first kappa shape index (κ1) is 10.3. The molecule has 82 valence electrons. The van der Waals surface area contributed by atoms with Crippen molar-refractivity contribution in [2.45, 2.75) is 39.2 Å². The lowest BCUT2D eigenvalue weighted by Gasteiger charge is -2.13. The zero-order valence-electron chi connectivity index (χ0n) is 9.36. The van der Waals surface area contributed by atoms with E-state index in [0.717, 1.165) is 17.9 Å². The molecule has 15 heavy (non-hydrogen) atoms. The predicted molar refractivity (Wildman–Crippen MR) is 60.3 cm³/mol. The summed E-state index contributed by atoms with van der Waals surface area (Å²) in [6.07, 6.45) is 3.69. The SMILES string of the molecule is CC(C)Oc1cccc(CC2CC2)c1O. The summed E-state index contributed by atoms with van der Waals surface area (Å²) in [7, 11) is 0. The summed E-state index contributed by atoms with van der Waals surface area (Å²) in [5, 5.41) is 9.99. The Hall–Kier alpha value is -1.18. The molecule has 0 radical (unpaired) electrons. The summed E-state index contributed by atoms with van der Waals surface area (Å²) in [5.74, 6) is 1.73. The smallest absolute Gasteiger partial charge is 0.161 e. The van der Waals surface area contributed by atoms with Crippen molar-refractivity contribution >= 4 is 0 Å². The Kier molecular flexibility index (Phi) is 2.85. The largest absolute Gasteiger partial charge is 0.504 e. The zero-order valence-corrected chi connectivity index (χ0v) is 9.36. The third-order valence-electron chi connectivity index (χ3n) is 2.65. The van der Waals surface area contributed by atoms with Crippen LogP contribution in [0.15, 0.2) is 18.2 Å². The molecule has 1 saturated carbocycles. The van der Waals surface area contributed by atoms with Crippen LogP contribution in [0.3, 0.4) is 0 Å². The van der Waals surface area contributed by atoms with Crippen molar-refractivity contribution in [1.29, 1.82) is 0 Å². The van der Waals surface area contributed by atoms with E-state index in [0.29, 0.717) is 11.5 Å². The molecule has 2 rings (SSSR count). The van der Waals surface area contributed by atoms with E-state index in [1.165, 1.54) is 12.8 Å². The van der Waals surface area contributed by atoms with E-state index in [1.54, 1.807) is 0 Å². The summed E-state index contributed by atoms with van der Waals surface area (Å²) in [5.41, 5.74) is 1.02. The summed E-state index contributed by atoms with van der Waals surface area (Å²) < 4.78 is 5.54. The van der Waals surface area contributed by atoms with Gasteiger partial charge in [-0.3, -0.25) is 0 Å². The molecule has 2 heteroatoms. The minimum absolute atomic E-state index is 0.104. The molecule has 0 unspecified atom stereocenters. The van der Waals surface area contributed by atoms with E-state index in [1.807, 2.05) is 32.0 Å². The van der Waals surface area contributed by atoms with Gasteiger partial charge in [0, 0.05) is 0 Å². The van der Waals surface area contributed by atoms with Gasteiger partial charge in [0.15, 0.2) is 11.5 Å². The summed E-state index contributed by atoms with van der Waals surface area (Å²) in [6.45, 7) is 3.93. The van der Waals surface area contributed by atoms with Crippen LogP contribution in [-0.4, -0.2) is 11.2 Å². The average Bonchev–Trinajstić information content (AvgIpc) is 2.95. The van der Waals surface area contributed by atoms with Crippen molar-refractivity contribution in [1.82, 2.24) is 0 Å². The number of aromatic hydroxyl groups is 1. The predicted octanol–water partition coefficient (Wildman–Crippen LogP) is 3.13. The molecule has 1 aromatic carbocycles. The van der Waals surface area contributed by atoms with E-state index >= 15 is 0 Å². The van der Waals surface area contributed by atoms with E-state index in [-0.39, 0.29) is 6.10 Å². The van der Waals surface area contributed by atoms with Crippen LogP contribution in [-0.2, 0) is 6.42 Å². The molecular weight excluding hydrogens is 188 g/mol. The topological polar surface area (TPSA) is 29.5 Å². The maximum absolute atomic E-state index is 9.99. The number of phenols is 1. The molecule has 0 heterocycles. The zero-order chi connectivity index (χ0) is 10.8. The van der Waals surface area contributed by atoms with Crippen molar-refractivity contribution < 1.29 is 9.84 Å². The van der Waals surface area contributed by atoms with Crippen LogP contribution in [0.4, 0.5) is 0 Å². The van der Waals surface area contributed by atoms with Crippen molar-refractivity contribution in [3.63, 3.8) is 0 Å². The Labute approximate surface area is 90.9 Å². The molecule has 1 fully saturated rings. The lowest BCUT2D eigenvalue weighted by atomic mass is 10.1. The van der Waals surface area contributed by atoms with Gasteiger partial charge in [0.05, 0.1) is 6.10 Å². The Balaban J connectivity index is 2.15. The first-order valence-corrected chi connectivity index (χ1v) is 5.64. The molecule has 1 aliphatic rings. The van der Waals surface area contributed by atoms with Gasteiger partial charge in [0.1, 0.15) is 0 Å². The van der Waals surface area contributed by atoms with Gasteiger partial charge < -0.3 is 9.84 Å². The van der Waals surface area contributed by atoms with E-state index < -0.39 is 0 Å². The van der Waals surface area contributed by atoms with Gasteiger partial charge in [0.25, 0.3) is 0 Å². The number of hydrogen-bond acceptors (Lipinski definition) is 2. The van der Waals surface area contributed by atoms with E-state index in [4.69, 9.17) is 4.74 Å². The van der Waals surface area contributed by atoms with Crippen molar-refractivity contribution in [2.75, 3.05) is 0 Å². The monoisotopic (exact) mass is 206 g/mol. The maximum Gasteiger partial charge on any atom is 0.161 e. The second-order valence-electron chi connectivity index (χ2n) is 4.58. The van der Waals surface area contributed by atoms with Gasteiger partial charge >= 0.3 is 0 Å². The number of hydrogen-bond donors (Lipinski definition) is 1. The fraction of sp³-hybridized carbons (Fsp3) is 0.538. The highest BCUT2D eigenvalue weighted by Gasteiger charge is 2.23. The molecule has 0 spiro atoms. The highest BCUT2D eigenvalue weighted by Crippen LogP contribution is 2.38. The molecule has 0 amide bonds. The van der Waals surface area contributed by atoms with E-state index in [9.17, 15) is 5.11 Å². The first-order valence-electron chi connectivity index (χ1n) is 5.64. The lowest BCUT2D eigenvalue weighted by Crippen LogP contribution is -2.06. The van der Waals surface area contributed by atoms with E-state index in [2.05, 4.69) is 0 Å². The standard InChI is InChI=1S/C13H18O2/c1-9(2)15-12-5-3-4-11(13(12)14)8-10-6-7-10/h3-5,9-10,14H,6-8H2,1-2H3. The van der Waals surface area contributed by atoms with Gasteiger partial charge in [-0.2, -0.15) is 0 Å². The van der Waals surface area contributed by atoms with Gasteiger partial charge in [-0.05, 0) is 50.7 Å². The van der Waals surface area contributed by atoms with Gasteiger partial charge in [-0.1, -0.05) is 12.1 Å². The van der Waals surface area contributed by atoms with Crippen LogP contribution in [0.25, 0.3) is 0 Å². The van der Waals surface area contributed by atoms with Gasteiger partial charge in [0.2, 0.25) is 0 Å². The van der Waals surface area contributed by atoms with Crippen LogP contribution < -0.4 is 4.74 Å². The summed E-state index contributed by atoms with van der Waals surface area (Å²) in [6, 6.07) is 5.77. The molecule has 0 aliphatic heterocycles. The summed E-state index contributed by atoms with van der Waals surface area (Å²) in [4.78, 5) is 0. The second-order valence-corrected chi connectivity index (χ2v) is 4.58. The minimum Gasteiger partial charge on any atom is -0.504 e. The molecule has 0 aromatic heterocycles. The lowest BCUT2D eigenvalue weighted by molar-refractivity contribution is 0.231. The minimum atomic E-state index is 0.104. The third kappa shape index (κ3) is 2.65. The Morgan fingerprint density at radius 3 is 2.73 bits per heavy atom. The number of ether oxygens (including phenoxy) is 1. The van der Waals surface area contributed by atoms with Crippen molar-refractivity contribution in [3.05, 3.63) is 23.8 Å². The van der Waals surface area contributed by atoms with Crippen molar-refractivity contribution in [2.24, 2.45) is 5.92 Å². The molecule has 1 aromatic rings. The quantitative estimate of drug-likeness (QED) is 0.820. The summed E-state index contributed by atoms with van der Waals surface area (Å²) >= 11 is 0. The van der Waals surface area contributed by atoms with Crippen LogP contribution in [0.2, 0.25) is 0 Å². The highest BCUT2D eigenvalue weighted by molar-refractivity contribution is 5.45. The fourth-order valence-corrected chi connectivity index (χ4v) is 1.71.